The van der Waals surface area contributed by atoms with Gasteiger partial charge in [0.05, 0.1) is 22.4 Å². The second-order valence-electron chi connectivity index (χ2n) is 3.95. The Bertz CT molecular complexity index is 496. The molecule has 16 heavy (non-hydrogen) atoms. The van der Waals surface area contributed by atoms with Crippen molar-refractivity contribution < 1.29 is 0 Å². The molecule has 0 N–H and O–H groups in total. The minimum absolute atomic E-state index is 0.147. The first-order valence-electron chi connectivity index (χ1n) is 5.57. The highest BCUT2D eigenvalue weighted by Crippen LogP contribution is 2.16. The molecule has 0 spiro atoms. The van der Waals surface area contributed by atoms with Gasteiger partial charge in [0.15, 0.2) is 0 Å². The Morgan fingerprint density at radius 3 is 2.44 bits per heavy atom. The summed E-state index contributed by atoms with van der Waals surface area (Å²) in [6.45, 7) is 4.08. The quantitative estimate of drug-likeness (QED) is 0.760. The molecule has 3 heteroatoms. The number of rotatable bonds is 3. The van der Waals surface area contributed by atoms with E-state index in [4.69, 9.17) is 11.6 Å². The van der Waals surface area contributed by atoms with Crippen LogP contribution in [0.5, 0.6) is 0 Å². The molecule has 2 rings (SSSR count). The highest BCUT2D eigenvalue weighted by Gasteiger charge is 2.09. The van der Waals surface area contributed by atoms with E-state index < -0.39 is 0 Å². The van der Waals surface area contributed by atoms with Gasteiger partial charge in [0.25, 0.3) is 0 Å². The highest BCUT2D eigenvalue weighted by atomic mass is 35.5. The maximum Gasteiger partial charge on any atom is 0.0890 e. The second-order valence-corrected chi connectivity index (χ2v) is 4.57. The fourth-order valence-corrected chi connectivity index (χ4v) is 1.82. The molecule has 0 aliphatic heterocycles. The SMILES string of the molecule is CCC(Cl)Cc1nc2ccccc2nc1C. The van der Waals surface area contributed by atoms with Crippen LogP contribution in [-0.4, -0.2) is 15.3 Å². The third-order valence-electron chi connectivity index (χ3n) is 2.70. The van der Waals surface area contributed by atoms with Crippen LogP contribution in [0.3, 0.4) is 0 Å². The zero-order valence-electron chi connectivity index (χ0n) is 9.57. The van der Waals surface area contributed by atoms with Gasteiger partial charge in [-0.05, 0) is 25.5 Å². The number of aryl methyl sites for hydroxylation is 1. The van der Waals surface area contributed by atoms with Crippen molar-refractivity contribution in [2.75, 3.05) is 0 Å². The smallest absolute Gasteiger partial charge is 0.0890 e. The number of aromatic nitrogens is 2. The molecule has 0 saturated heterocycles. The lowest BCUT2D eigenvalue weighted by atomic mass is 10.1. The van der Waals surface area contributed by atoms with Gasteiger partial charge in [-0.1, -0.05) is 19.1 Å². The van der Waals surface area contributed by atoms with Crippen molar-refractivity contribution in [3.05, 3.63) is 35.7 Å². The zero-order valence-corrected chi connectivity index (χ0v) is 10.3. The molecule has 0 aliphatic rings. The molecule has 1 aromatic carbocycles. The van der Waals surface area contributed by atoms with Gasteiger partial charge >= 0.3 is 0 Å². The summed E-state index contributed by atoms with van der Waals surface area (Å²) in [6.07, 6.45) is 1.75. The fraction of sp³-hybridized carbons (Fsp3) is 0.385. The summed E-state index contributed by atoms with van der Waals surface area (Å²) in [5.74, 6) is 0. The number of para-hydroxylation sites is 2. The topological polar surface area (TPSA) is 25.8 Å². The predicted octanol–water partition coefficient (Wildman–Crippen LogP) is 3.50. The molecule has 2 aromatic rings. The van der Waals surface area contributed by atoms with Crippen molar-refractivity contribution in [3.8, 4) is 0 Å². The summed E-state index contributed by atoms with van der Waals surface area (Å²) in [4.78, 5) is 9.16. The lowest BCUT2D eigenvalue weighted by molar-refractivity contribution is 0.779. The molecular formula is C13H15ClN2. The second kappa shape index (κ2) is 4.79. The van der Waals surface area contributed by atoms with Crippen LogP contribution in [0.25, 0.3) is 11.0 Å². The summed E-state index contributed by atoms with van der Waals surface area (Å²) < 4.78 is 0. The number of halogens is 1. The molecule has 0 aliphatic carbocycles. The number of hydrogen-bond acceptors (Lipinski definition) is 2. The Morgan fingerprint density at radius 2 is 1.81 bits per heavy atom. The van der Waals surface area contributed by atoms with E-state index in [2.05, 4.69) is 16.9 Å². The maximum atomic E-state index is 6.16. The van der Waals surface area contributed by atoms with Gasteiger partial charge in [0.2, 0.25) is 0 Å². The lowest BCUT2D eigenvalue weighted by Crippen LogP contribution is -2.06. The Balaban J connectivity index is 2.42. The highest BCUT2D eigenvalue weighted by molar-refractivity contribution is 6.20. The predicted molar refractivity (Wildman–Crippen MR) is 67.9 cm³/mol. The molecule has 0 saturated carbocycles. The number of fused-ring (bicyclic) bond motifs is 1. The summed E-state index contributed by atoms with van der Waals surface area (Å²) in [7, 11) is 0. The Kier molecular flexibility index (Phi) is 3.39. The zero-order chi connectivity index (χ0) is 11.5. The van der Waals surface area contributed by atoms with Crippen LogP contribution < -0.4 is 0 Å². The van der Waals surface area contributed by atoms with Crippen molar-refractivity contribution in [3.63, 3.8) is 0 Å². The van der Waals surface area contributed by atoms with E-state index in [0.717, 1.165) is 35.3 Å². The van der Waals surface area contributed by atoms with Crippen molar-refractivity contribution in [1.82, 2.24) is 9.97 Å². The van der Waals surface area contributed by atoms with Crippen molar-refractivity contribution in [1.29, 1.82) is 0 Å². The van der Waals surface area contributed by atoms with Crippen molar-refractivity contribution in [2.45, 2.75) is 32.1 Å². The number of nitrogens with zero attached hydrogens (tertiary/aromatic N) is 2. The van der Waals surface area contributed by atoms with Gasteiger partial charge in [-0.2, -0.15) is 0 Å². The van der Waals surface area contributed by atoms with Crippen LogP contribution in [0.2, 0.25) is 0 Å². The van der Waals surface area contributed by atoms with Gasteiger partial charge in [-0.25, -0.2) is 9.97 Å². The summed E-state index contributed by atoms with van der Waals surface area (Å²) in [6, 6.07) is 7.93. The molecule has 1 aromatic heterocycles. The van der Waals surface area contributed by atoms with E-state index >= 15 is 0 Å². The van der Waals surface area contributed by atoms with Crippen LogP contribution in [-0.2, 0) is 6.42 Å². The molecule has 0 bridgehead atoms. The molecule has 0 fully saturated rings. The average molecular weight is 235 g/mol. The third-order valence-corrected chi connectivity index (χ3v) is 3.16. The number of alkyl halides is 1. The Hall–Kier alpha value is -1.15. The van der Waals surface area contributed by atoms with Gasteiger partial charge in [-0.3, -0.25) is 0 Å². The van der Waals surface area contributed by atoms with Crippen molar-refractivity contribution in [2.24, 2.45) is 0 Å². The first-order chi connectivity index (χ1) is 7.70. The molecule has 1 heterocycles. The Morgan fingerprint density at radius 1 is 1.19 bits per heavy atom. The van der Waals surface area contributed by atoms with E-state index in [1.165, 1.54) is 0 Å². The number of benzene rings is 1. The first kappa shape index (κ1) is 11.3. The maximum absolute atomic E-state index is 6.16. The first-order valence-corrected chi connectivity index (χ1v) is 6.00. The van der Waals surface area contributed by atoms with Crippen LogP contribution >= 0.6 is 11.6 Å². The molecule has 1 unspecified atom stereocenters. The molecule has 2 nitrogen and oxygen atoms in total. The molecule has 0 amide bonds. The summed E-state index contributed by atoms with van der Waals surface area (Å²) in [5.41, 5.74) is 3.90. The third kappa shape index (κ3) is 2.33. The average Bonchev–Trinajstić information content (AvgIpc) is 2.30. The fourth-order valence-electron chi connectivity index (χ4n) is 1.67. The van der Waals surface area contributed by atoms with Gasteiger partial charge in [0, 0.05) is 11.8 Å². The minimum atomic E-state index is 0.147. The van der Waals surface area contributed by atoms with E-state index in [-0.39, 0.29) is 5.38 Å². The van der Waals surface area contributed by atoms with Gasteiger partial charge in [0.1, 0.15) is 0 Å². The Labute approximate surface area is 101 Å². The van der Waals surface area contributed by atoms with Crippen LogP contribution in [0.15, 0.2) is 24.3 Å². The summed E-state index contributed by atoms with van der Waals surface area (Å²) in [5, 5.41) is 0.147. The standard InChI is InChI=1S/C13H15ClN2/c1-3-10(14)8-13-9(2)15-11-6-4-5-7-12(11)16-13/h4-7,10H,3,8H2,1-2H3. The van der Waals surface area contributed by atoms with Crippen LogP contribution in [0.4, 0.5) is 0 Å². The monoisotopic (exact) mass is 234 g/mol. The van der Waals surface area contributed by atoms with E-state index in [1.807, 2.05) is 31.2 Å². The lowest BCUT2D eigenvalue weighted by Gasteiger charge is -2.09. The molecule has 0 radical (unpaired) electrons. The van der Waals surface area contributed by atoms with Gasteiger partial charge < -0.3 is 0 Å². The van der Waals surface area contributed by atoms with Gasteiger partial charge in [-0.15, -0.1) is 11.6 Å². The van der Waals surface area contributed by atoms with Crippen LogP contribution in [0.1, 0.15) is 24.7 Å². The van der Waals surface area contributed by atoms with Crippen molar-refractivity contribution >= 4 is 22.6 Å². The van der Waals surface area contributed by atoms with E-state index in [0.29, 0.717) is 0 Å². The minimum Gasteiger partial charge on any atom is -0.250 e. The molecule has 1 atom stereocenters. The van der Waals surface area contributed by atoms with E-state index in [9.17, 15) is 0 Å². The number of hydrogen-bond donors (Lipinski definition) is 0. The summed E-state index contributed by atoms with van der Waals surface area (Å²) >= 11 is 6.16. The largest absolute Gasteiger partial charge is 0.250 e. The normalized spacial score (nSPS) is 12.9. The molecular weight excluding hydrogens is 220 g/mol. The van der Waals surface area contributed by atoms with Crippen LogP contribution in [0, 0.1) is 6.92 Å². The molecule has 84 valence electrons. The van der Waals surface area contributed by atoms with E-state index in [1.54, 1.807) is 0 Å².